The molecule has 420 valence electrons. The van der Waals surface area contributed by atoms with Gasteiger partial charge in [0.15, 0.2) is 18.9 Å². The van der Waals surface area contributed by atoms with Gasteiger partial charge in [-0.1, -0.05) is 50.3 Å². The molecule has 24 nitrogen and oxygen atoms in total. The number of likely N-dealkylation sites (tertiary alicyclic amines) is 1. The van der Waals surface area contributed by atoms with E-state index in [1.165, 1.54) is 20.8 Å². The first-order chi connectivity index (χ1) is 35.9. The van der Waals surface area contributed by atoms with Crippen LogP contribution in [0.1, 0.15) is 84.1 Å². The largest absolute Gasteiger partial charge is 0.422 e. The fourth-order valence-electron chi connectivity index (χ4n) is 11.2. The van der Waals surface area contributed by atoms with Gasteiger partial charge in [0, 0.05) is 32.3 Å². The molecule has 6 fully saturated rings. The number of aliphatic hydroxyl groups is 8. The quantitative estimate of drug-likeness (QED) is 0.0693. The number of carbonyl (C=O) groups excluding carboxylic acids is 3. The molecule has 24 heteroatoms. The molecule has 2 aromatic rings. The first kappa shape index (κ1) is 57.4. The van der Waals surface area contributed by atoms with E-state index in [1.807, 2.05) is 0 Å². The normalized spacial score (nSPS) is 38.1. The van der Waals surface area contributed by atoms with Crippen LogP contribution in [0.2, 0.25) is 0 Å². The fraction of sp³-hybridized carbons (Fsp3) is 0.765. The Balaban J connectivity index is 1.07. The molecule has 4 aliphatic heterocycles. The van der Waals surface area contributed by atoms with E-state index in [4.69, 9.17) is 42.3 Å². The third kappa shape index (κ3) is 13.6. The Morgan fingerprint density at radius 1 is 0.720 bits per heavy atom. The van der Waals surface area contributed by atoms with Crippen molar-refractivity contribution < 1.29 is 97.5 Å². The number of ether oxygens (including phenoxy) is 8. The number of fused-ring (bicyclic) bond motifs is 1. The molecule has 6 aliphatic rings. The van der Waals surface area contributed by atoms with Crippen LogP contribution in [0, 0.1) is 11.8 Å². The molecule has 2 saturated carbocycles. The Kier molecular flexibility index (Phi) is 19.7. The fourth-order valence-corrected chi connectivity index (χ4v) is 11.2. The highest BCUT2D eigenvalue weighted by Gasteiger charge is 2.54. The van der Waals surface area contributed by atoms with Gasteiger partial charge in [-0.05, 0) is 56.6 Å². The zero-order chi connectivity index (χ0) is 53.7. The molecule has 0 radical (unpaired) electrons. The van der Waals surface area contributed by atoms with Crippen molar-refractivity contribution in [2.45, 2.75) is 202 Å². The van der Waals surface area contributed by atoms with E-state index in [0.717, 1.165) is 38.5 Å². The van der Waals surface area contributed by atoms with Crippen molar-refractivity contribution in [3.05, 3.63) is 46.3 Å². The second kappa shape index (κ2) is 25.8. The minimum absolute atomic E-state index is 0.0426. The highest BCUT2D eigenvalue weighted by molar-refractivity contribution is 5.81. The predicted octanol–water partition coefficient (Wildman–Crippen LogP) is -1.81. The number of rotatable bonds is 19. The standard InChI is InChI=1S/C51H75N3O21/c1-24-38(59)41(62)42(63)51(69-24)75-44-31(52-25(2)57)16-28(22-68-50-43(64)46(40(61)36(21-56)74-50)67-23-30-19-29-12-7-8-13-32(29)71-48(30)66)18-33(44)72-49-37(53-26(3)58)45(39(60)35(20-55)73-49)70-34(47(65)54-14-9-15-54)17-27-10-5-4-6-11-27/h7-8,12-13,19,24,27-28,31,33-46,49-51,55-56,59-64H,4-6,9-11,14-18,20-23H2,1-3H3,(H,52,57)(H,53,58)/t24?,28?,31?,33-,34+,35?,36?,37?,38-,39+,40-,41?,42?,43?,44?,45?,46?,49-,50+,51+/m1/s1. The van der Waals surface area contributed by atoms with Crippen molar-refractivity contribution >= 4 is 28.7 Å². The molecular weight excluding hydrogens is 991 g/mol. The lowest BCUT2D eigenvalue weighted by Gasteiger charge is -2.50. The van der Waals surface area contributed by atoms with Gasteiger partial charge in [-0.15, -0.1) is 0 Å². The summed E-state index contributed by atoms with van der Waals surface area (Å²) in [5, 5.41) is 94.3. The van der Waals surface area contributed by atoms with Crippen molar-refractivity contribution in [2.75, 3.05) is 32.9 Å². The zero-order valence-corrected chi connectivity index (χ0v) is 42.4. The lowest BCUT2D eigenvalue weighted by atomic mass is 9.81. The molecule has 0 bridgehead atoms. The first-order valence-corrected chi connectivity index (χ1v) is 26.2. The Hall–Kier alpha value is -3.80. The van der Waals surface area contributed by atoms with E-state index in [9.17, 15) is 60.0 Å². The van der Waals surface area contributed by atoms with Crippen molar-refractivity contribution in [1.29, 1.82) is 0 Å². The third-order valence-electron chi connectivity index (χ3n) is 15.4. The summed E-state index contributed by atoms with van der Waals surface area (Å²) in [6.07, 6.45) is -18.6. The SMILES string of the molecule is CC(=O)NC1CC(CO[C@H]2OC(CO)[C@@H](O)C(OCc3cc4ccccc4oc3=O)C2O)C[C@@H](O[C@@H]2OC(CO)[C@H](O)C(O[C@@H](CC3CCCCC3)C(=O)N3CCC3)C2NC(C)=O)C1O[C@@H]1OC(C)[C@@H](O)C(O)C1O. The number of hydrogen-bond acceptors (Lipinski definition) is 21. The monoisotopic (exact) mass is 1070 g/mol. The van der Waals surface area contributed by atoms with Crippen molar-refractivity contribution in [3.8, 4) is 0 Å². The molecule has 1 aromatic carbocycles. The molecule has 10 N–H and O–H groups in total. The smallest absolute Gasteiger partial charge is 0.341 e. The van der Waals surface area contributed by atoms with Crippen LogP contribution in [0.5, 0.6) is 0 Å². The summed E-state index contributed by atoms with van der Waals surface area (Å²) in [5.41, 5.74) is -0.251. The van der Waals surface area contributed by atoms with Gasteiger partial charge in [0.2, 0.25) is 11.8 Å². The van der Waals surface area contributed by atoms with Gasteiger partial charge in [0.1, 0.15) is 84.9 Å². The first-order valence-electron chi connectivity index (χ1n) is 26.2. The van der Waals surface area contributed by atoms with Crippen molar-refractivity contribution in [1.82, 2.24) is 15.5 Å². The highest BCUT2D eigenvalue weighted by Crippen LogP contribution is 2.38. The maximum Gasteiger partial charge on any atom is 0.341 e. The number of benzene rings is 1. The van der Waals surface area contributed by atoms with Gasteiger partial charge >= 0.3 is 5.63 Å². The maximum atomic E-state index is 14.1. The lowest BCUT2D eigenvalue weighted by Crippen LogP contribution is -2.68. The maximum absolute atomic E-state index is 14.1. The topological polar surface area (TPSA) is 344 Å². The number of carbonyl (C=O) groups is 3. The Bertz CT molecular complexity index is 2270. The Morgan fingerprint density at radius 3 is 2.07 bits per heavy atom. The number of hydrogen-bond donors (Lipinski definition) is 10. The summed E-state index contributed by atoms with van der Waals surface area (Å²) in [7, 11) is 0. The number of nitrogens with one attached hydrogen (secondary N) is 2. The molecule has 5 heterocycles. The second-order valence-corrected chi connectivity index (χ2v) is 21.0. The molecule has 75 heavy (non-hydrogen) atoms. The molecule has 0 spiro atoms. The lowest BCUT2D eigenvalue weighted by molar-refractivity contribution is -0.337. The van der Waals surface area contributed by atoms with Crippen LogP contribution >= 0.6 is 0 Å². The van der Waals surface area contributed by atoms with Crippen LogP contribution < -0.4 is 16.3 Å². The van der Waals surface area contributed by atoms with E-state index in [-0.39, 0.29) is 36.8 Å². The second-order valence-electron chi connectivity index (χ2n) is 21.0. The molecule has 20 atom stereocenters. The van der Waals surface area contributed by atoms with E-state index in [1.54, 1.807) is 35.2 Å². The van der Waals surface area contributed by atoms with Crippen LogP contribution in [-0.2, 0) is 58.9 Å². The van der Waals surface area contributed by atoms with Gasteiger partial charge < -0.3 is 98.7 Å². The molecule has 8 rings (SSSR count). The van der Waals surface area contributed by atoms with Crippen LogP contribution in [0.4, 0.5) is 0 Å². The molecule has 3 amide bonds. The van der Waals surface area contributed by atoms with E-state index < -0.39 is 160 Å². The minimum Gasteiger partial charge on any atom is -0.422 e. The van der Waals surface area contributed by atoms with Crippen molar-refractivity contribution in [3.63, 3.8) is 0 Å². The van der Waals surface area contributed by atoms with Gasteiger partial charge in [-0.2, -0.15) is 0 Å². The number of amides is 3. The van der Waals surface area contributed by atoms with Gasteiger partial charge in [-0.3, -0.25) is 14.4 Å². The van der Waals surface area contributed by atoms with E-state index in [2.05, 4.69) is 10.6 Å². The summed E-state index contributed by atoms with van der Waals surface area (Å²) >= 11 is 0. The summed E-state index contributed by atoms with van der Waals surface area (Å²) < 4.78 is 55.4. The van der Waals surface area contributed by atoms with Gasteiger partial charge in [0.25, 0.3) is 5.91 Å². The molecule has 4 saturated heterocycles. The Morgan fingerprint density at radius 2 is 1.40 bits per heavy atom. The number of para-hydroxylation sites is 1. The van der Waals surface area contributed by atoms with Crippen molar-refractivity contribution in [2.24, 2.45) is 11.8 Å². The highest BCUT2D eigenvalue weighted by atomic mass is 16.7. The van der Waals surface area contributed by atoms with Crippen LogP contribution in [-0.4, -0.2) is 213 Å². The Labute approximate surface area is 433 Å². The van der Waals surface area contributed by atoms with Gasteiger partial charge in [-0.25, -0.2) is 4.79 Å². The number of aliphatic hydroxyl groups excluding tert-OH is 8. The minimum atomic E-state index is -1.79. The van der Waals surface area contributed by atoms with Crippen LogP contribution in [0.15, 0.2) is 39.5 Å². The van der Waals surface area contributed by atoms with E-state index in [0.29, 0.717) is 30.5 Å². The average molecular weight is 1070 g/mol. The molecule has 12 unspecified atom stereocenters. The predicted molar refractivity (Wildman–Crippen MR) is 258 cm³/mol. The molecular formula is C51H75N3O21. The van der Waals surface area contributed by atoms with E-state index >= 15 is 0 Å². The zero-order valence-electron chi connectivity index (χ0n) is 42.4. The third-order valence-corrected chi connectivity index (χ3v) is 15.4. The van der Waals surface area contributed by atoms with Gasteiger partial charge in [0.05, 0.1) is 50.2 Å². The summed E-state index contributed by atoms with van der Waals surface area (Å²) in [5.74, 6) is -1.85. The average Bonchev–Trinajstić information content (AvgIpc) is 3.36. The van der Waals surface area contributed by atoms with Crippen LogP contribution in [0.25, 0.3) is 11.0 Å². The van der Waals surface area contributed by atoms with Crippen LogP contribution in [0.3, 0.4) is 0 Å². The molecule has 2 aliphatic carbocycles. The summed E-state index contributed by atoms with van der Waals surface area (Å²) in [4.78, 5) is 54.7. The number of nitrogens with zero attached hydrogens (tertiary/aromatic N) is 1. The summed E-state index contributed by atoms with van der Waals surface area (Å²) in [6, 6.07) is 6.04. The summed E-state index contributed by atoms with van der Waals surface area (Å²) in [6.45, 7) is 2.91. The molecule has 1 aromatic heterocycles.